The molecule has 0 aromatic carbocycles. The highest BCUT2D eigenvalue weighted by atomic mass is 16.3. The van der Waals surface area contributed by atoms with Gasteiger partial charge in [-0.25, -0.2) is 0 Å². The van der Waals surface area contributed by atoms with Gasteiger partial charge < -0.3 is 10.4 Å². The Balaban J connectivity index is 1.97. The third-order valence-corrected chi connectivity index (χ3v) is 3.39. The highest BCUT2D eigenvalue weighted by Crippen LogP contribution is 2.24. The van der Waals surface area contributed by atoms with E-state index >= 15 is 0 Å². The first kappa shape index (κ1) is 12.7. The molecule has 2 nitrogen and oxygen atoms in total. The van der Waals surface area contributed by atoms with Crippen molar-refractivity contribution in [1.82, 2.24) is 5.32 Å². The highest BCUT2D eigenvalue weighted by Gasteiger charge is 2.25. The number of aliphatic hydroxyl groups is 1. The van der Waals surface area contributed by atoms with Crippen LogP contribution in [0.5, 0.6) is 0 Å². The van der Waals surface area contributed by atoms with Crippen LogP contribution in [0.1, 0.15) is 44.9 Å². The van der Waals surface area contributed by atoms with Gasteiger partial charge in [0, 0.05) is 12.6 Å². The van der Waals surface area contributed by atoms with E-state index in [9.17, 15) is 0 Å². The van der Waals surface area contributed by atoms with E-state index in [2.05, 4.69) is 11.9 Å². The second-order valence-electron chi connectivity index (χ2n) is 4.57. The van der Waals surface area contributed by atoms with Gasteiger partial charge in [0.2, 0.25) is 0 Å². The first-order chi connectivity index (χ1) is 7.38. The molecule has 2 unspecified atom stereocenters. The van der Waals surface area contributed by atoms with Crippen molar-refractivity contribution in [1.29, 1.82) is 0 Å². The third kappa shape index (κ3) is 4.80. The molecule has 1 fully saturated rings. The van der Waals surface area contributed by atoms with Crippen molar-refractivity contribution in [2.75, 3.05) is 13.2 Å². The van der Waals surface area contributed by atoms with Gasteiger partial charge in [-0.05, 0) is 44.6 Å². The average Bonchev–Trinajstić information content (AvgIpc) is 2.70. The summed E-state index contributed by atoms with van der Waals surface area (Å²) in [5.74, 6) is 0.512. The maximum Gasteiger partial charge on any atom is 0.0474 e. The Kier molecular flexibility index (Phi) is 6.69. The molecule has 88 valence electrons. The molecular weight excluding hydrogens is 186 g/mol. The first-order valence-corrected chi connectivity index (χ1v) is 6.33. The zero-order chi connectivity index (χ0) is 10.9. The maximum atomic E-state index is 9.16. The van der Waals surface area contributed by atoms with E-state index in [1.54, 1.807) is 0 Å². The van der Waals surface area contributed by atoms with Gasteiger partial charge in [0.05, 0.1) is 0 Å². The summed E-state index contributed by atoms with van der Waals surface area (Å²) in [5.41, 5.74) is 0. The summed E-state index contributed by atoms with van der Waals surface area (Å²) in [4.78, 5) is 0. The average molecular weight is 211 g/mol. The molecule has 0 saturated heterocycles. The van der Waals surface area contributed by atoms with Gasteiger partial charge in [-0.2, -0.15) is 0 Å². The van der Waals surface area contributed by atoms with Crippen LogP contribution in [-0.2, 0) is 0 Å². The first-order valence-electron chi connectivity index (χ1n) is 6.33. The van der Waals surface area contributed by atoms with Gasteiger partial charge in [-0.15, -0.1) is 6.58 Å². The number of unbranched alkanes of at least 4 members (excludes halogenated alkanes) is 3. The molecule has 0 aromatic heterocycles. The molecule has 0 aliphatic heterocycles. The zero-order valence-electron chi connectivity index (χ0n) is 9.75. The van der Waals surface area contributed by atoms with Crippen LogP contribution in [0.3, 0.4) is 0 Å². The summed E-state index contributed by atoms with van der Waals surface area (Å²) in [6.45, 7) is 5.18. The predicted molar refractivity (Wildman–Crippen MR) is 64.9 cm³/mol. The maximum absolute atomic E-state index is 9.16. The van der Waals surface area contributed by atoms with Crippen molar-refractivity contribution < 1.29 is 5.11 Å². The molecular formula is C13H25NO. The highest BCUT2D eigenvalue weighted by molar-refractivity contribution is 4.82. The van der Waals surface area contributed by atoms with Gasteiger partial charge >= 0.3 is 0 Å². The number of hydrogen-bond donors (Lipinski definition) is 2. The fourth-order valence-corrected chi connectivity index (χ4v) is 2.40. The lowest BCUT2D eigenvalue weighted by molar-refractivity contribution is 0.205. The standard InChI is InChI=1S/C13H25NO/c1-2-3-4-5-6-10-14-13-9-7-8-12(13)11-15/h2,12-15H,1,3-11H2. The van der Waals surface area contributed by atoms with E-state index < -0.39 is 0 Å². The number of allylic oxidation sites excluding steroid dienone is 1. The third-order valence-electron chi connectivity index (χ3n) is 3.39. The minimum absolute atomic E-state index is 0.355. The molecule has 15 heavy (non-hydrogen) atoms. The van der Waals surface area contributed by atoms with Gasteiger partial charge in [0.15, 0.2) is 0 Å². The second kappa shape index (κ2) is 7.89. The zero-order valence-corrected chi connectivity index (χ0v) is 9.75. The number of hydrogen-bond acceptors (Lipinski definition) is 2. The molecule has 0 heterocycles. The van der Waals surface area contributed by atoms with E-state index in [1.807, 2.05) is 6.08 Å². The number of nitrogens with one attached hydrogen (secondary N) is 1. The molecule has 2 N–H and O–H groups in total. The van der Waals surface area contributed by atoms with Crippen LogP contribution in [0.2, 0.25) is 0 Å². The summed E-state index contributed by atoms with van der Waals surface area (Å²) < 4.78 is 0. The van der Waals surface area contributed by atoms with E-state index in [0.29, 0.717) is 18.6 Å². The smallest absolute Gasteiger partial charge is 0.0474 e. The Morgan fingerprint density at radius 1 is 1.27 bits per heavy atom. The Bertz CT molecular complexity index is 170. The van der Waals surface area contributed by atoms with Crippen molar-refractivity contribution in [3.8, 4) is 0 Å². The lowest BCUT2D eigenvalue weighted by Gasteiger charge is -2.18. The molecule has 1 saturated carbocycles. The summed E-state index contributed by atoms with van der Waals surface area (Å²) in [5, 5.41) is 12.7. The Hall–Kier alpha value is -0.340. The van der Waals surface area contributed by atoms with Crippen molar-refractivity contribution in [2.24, 2.45) is 5.92 Å². The molecule has 0 radical (unpaired) electrons. The molecule has 2 heteroatoms. The second-order valence-corrected chi connectivity index (χ2v) is 4.57. The van der Waals surface area contributed by atoms with Gasteiger partial charge in [0.25, 0.3) is 0 Å². The quantitative estimate of drug-likeness (QED) is 0.477. The van der Waals surface area contributed by atoms with E-state index in [-0.39, 0.29) is 0 Å². The molecule has 0 aromatic rings. The SMILES string of the molecule is C=CCCCCCNC1CCCC1CO. The molecule has 1 aliphatic rings. The van der Waals surface area contributed by atoms with Gasteiger partial charge in [-0.1, -0.05) is 18.9 Å². The van der Waals surface area contributed by atoms with Crippen LogP contribution in [0.4, 0.5) is 0 Å². The predicted octanol–water partition coefficient (Wildman–Crippen LogP) is 2.48. The van der Waals surface area contributed by atoms with Crippen LogP contribution < -0.4 is 5.32 Å². The minimum Gasteiger partial charge on any atom is -0.396 e. The van der Waals surface area contributed by atoms with Gasteiger partial charge in [-0.3, -0.25) is 0 Å². The minimum atomic E-state index is 0.355. The molecule has 1 aliphatic carbocycles. The molecule has 2 atom stereocenters. The van der Waals surface area contributed by atoms with E-state index in [4.69, 9.17) is 5.11 Å². The molecule has 0 spiro atoms. The molecule has 0 amide bonds. The fraction of sp³-hybridized carbons (Fsp3) is 0.846. The largest absolute Gasteiger partial charge is 0.396 e. The number of rotatable bonds is 8. The monoisotopic (exact) mass is 211 g/mol. The number of aliphatic hydroxyl groups excluding tert-OH is 1. The van der Waals surface area contributed by atoms with E-state index in [1.165, 1.54) is 38.5 Å². The van der Waals surface area contributed by atoms with E-state index in [0.717, 1.165) is 13.0 Å². The van der Waals surface area contributed by atoms with Crippen LogP contribution >= 0.6 is 0 Å². The van der Waals surface area contributed by atoms with Crippen LogP contribution in [-0.4, -0.2) is 24.3 Å². The van der Waals surface area contributed by atoms with Crippen molar-refractivity contribution in [2.45, 2.75) is 51.0 Å². The van der Waals surface area contributed by atoms with Crippen LogP contribution in [0.25, 0.3) is 0 Å². The topological polar surface area (TPSA) is 32.3 Å². The summed E-state index contributed by atoms with van der Waals surface area (Å²) in [6.07, 6.45) is 10.7. The summed E-state index contributed by atoms with van der Waals surface area (Å²) in [7, 11) is 0. The summed E-state index contributed by atoms with van der Waals surface area (Å²) in [6, 6.07) is 0.578. The lowest BCUT2D eigenvalue weighted by Crippen LogP contribution is -2.34. The van der Waals surface area contributed by atoms with Gasteiger partial charge in [0.1, 0.15) is 0 Å². The Morgan fingerprint density at radius 3 is 2.87 bits per heavy atom. The normalized spacial score (nSPS) is 25.7. The van der Waals surface area contributed by atoms with Crippen molar-refractivity contribution >= 4 is 0 Å². The molecule has 1 rings (SSSR count). The van der Waals surface area contributed by atoms with Crippen molar-refractivity contribution in [3.05, 3.63) is 12.7 Å². The lowest BCUT2D eigenvalue weighted by atomic mass is 10.0. The summed E-state index contributed by atoms with van der Waals surface area (Å²) >= 11 is 0. The van der Waals surface area contributed by atoms with Crippen molar-refractivity contribution in [3.63, 3.8) is 0 Å². The van der Waals surface area contributed by atoms with Crippen LogP contribution in [0, 0.1) is 5.92 Å². The Labute approximate surface area is 93.8 Å². The fourth-order valence-electron chi connectivity index (χ4n) is 2.40. The van der Waals surface area contributed by atoms with Crippen LogP contribution in [0.15, 0.2) is 12.7 Å². The molecule has 0 bridgehead atoms. The Morgan fingerprint density at radius 2 is 2.13 bits per heavy atom.